The molecule has 1 aliphatic heterocycles. The zero-order chi connectivity index (χ0) is 15.5. The standard InChI is InChI=1S/C16H13ClN2O3/c1-10(11-5-6-14-15(8-11)22-9-21-14)18-19-16(20)12-3-2-4-13(17)7-12/h2-8H,9H2,1H3,(H,19,20)/b18-10+. The molecular weight excluding hydrogens is 304 g/mol. The zero-order valence-electron chi connectivity index (χ0n) is 11.8. The first-order valence-electron chi connectivity index (χ1n) is 6.64. The van der Waals surface area contributed by atoms with E-state index in [1.807, 2.05) is 18.2 Å². The first-order chi connectivity index (χ1) is 10.6. The van der Waals surface area contributed by atoms with E-state index >= 15 is 0 Å². The summed E-state index contributed by atoms with van der Waals surface area (Å²) in [6, 6.07) is 12.2. The average molecular weight is 317 g/mol. The smallest absolute Gasteiger partial charge is 0.271 e. The van der Waals surface area contributed by atoms with Crippen molar-refractivity contribution in [2.75, 3.05) is 6.79 Å². The van der Waals surface area contributed by atoms with E-state index in [9.17, 15) is 4.79 Å². The fraction of sp³-hybridized carbons (Fsp3) is 0.125. The maximum absolute atomic E-state index is 12.0. The van der Waals surface area contributed by atoms with Crippen LogP contribution in [0.1, 0.15) is 22.8 Å². The molecule has 0 fully saturated rings. The van der Waals surface area contributed by atoms with Crippen LogP contribution >= 0.6 is 11.6 Å². The Balaban J connectivity index is 1.73. The van der Waals surface area contributed by atoms with Gasteiger partial charge in [-0.15, -0.1) is 0 Å². The van der Waals surface area contributed by atoms with E-state index in [1.54, 1.807) is 31.2 Å². The quantitative estimate of drug-likeness (QED) is 0.698. The van der Waals surface area contributed by atoms with Crippen LogP contribution in [-0.4, -0.2) is 18.4 Å². The van der Waals surface area contributed by atoms with Gasteiger partial charge in [0.15, 0.2) is 11.5 Å². The van der Waals surface area contributed by atoms with E-state index in [-0.39, 0.29) is 12.7 Å². The summed E-state index contributed by atoms with van der Waals surface area (Å²) in [7, 11) is 0. The molecule has 0 saturated carbocycles. The lowest BCUT2D eigenvalue weighted by Crippen LogP contribution is -2.19. The lowest BCUT2D eigenvalue weighted by molar-refractivity contribution is 0.0955. The van der Waals surface area contributed by atoms with Gasteiger partial charge in [-0.3, -0.25) is 4.79 Å². The van der Waals surface area contributed by atoms with Crippen LogP contribution < -0.4 is 14.9 Å². The molecule has 2 aromatic rings. The van der Waals surface area contributed by atoms with Gasteiger partial charge in [-0.2, -0.15) is 5.10 Å². The van der Waals surface area contributed by atoms with E-state index in [1.165, 1.54) is 0 Å². The molecule has 0 bridgehead atoms. The van der Waals surface area contributed by atoms with Gasteiger partial charge in [0, 0.05) is 16.1 Å². The van der Waals surface area contributed by atoms with Crippen molar-refractivity contribution in [2.45, 2.75) is 6.92 Å². The Kier molecular flexibility index (Phi) is 3.98. The van der Waals surface area contributed by atoms with Crippen molar-refractivity contribution < 1.29 is 14.3 Å². The number of carbonyl (C=O) groups excluding carboxylic acids is 1. The number of nitrogens with one attached hydrogen (secondary N) is 1. The molecule has 2 aromatic carbocycles. The second-order valence-corrected chi connectivity index (χ2v) is 5.15. The van der Waals surface area contributed by atoms with Crippen molar-refractivity contribution >= 4 is 23.2 Å². The highest BCUT2D eigenvalue weighted by Crippen LogP contribution is 2.32. The average Bonchev–Trinajstić information content (AvgIpc) is 2.99. The first kappa shape index (κ1) is 14.4. The number of halogens is 1. The Morgan fingerprint density at radius 2 is 1.95 bits per heavy atom. The van der Waals surface area contributed by atoms with Gasteiger partial charge < -0.3 is 9.47 Å². The van der Waals surface area contributed by atoms with Crippen molar-refractivity contribution in [3.63, 3.8) is 0 Å². The Bertz CT molecular complexity index is 759. The molecular formula is C16H13ClN2O3. The van der Waals surface area contributed by atoms with E-state index in [0.717, 1.165) is 5.56 Å². The van der Waals surface area contributed by atoms with Crippen LogP contribution in [0.25, 0.3) is 0 Å². The molecule has 0 radical (unpaired) electrons. The SMILES string of the molecule is C/C(=N\NC(=O)c1cccc(Cl)c1)c1ccc2c(c1)OCO2. The molecule has 1 heterocycles. The van der Waals surface area contributed by atoms with Crippen molar-refractivity contribution in [3.8, 4) is 11.5 Å². The molecule has 0 saturated heterocycles. The summed E-state index contributed by atoms with van der Waals surface area (Å²) in [6.07, 6.45) is 0. The minimum Gasteiger partial charge on any atom is -0.454 e. The Hall–Kier alpha value is -2.53. The van der Waals surface area contributed by atoms with Crippen molar-refractivity contribution in [1.29, 1.82) is 0 Å². The van der Waals surface area contributed by atoms with Gasteiger partial charge in [0.25, 0.3) is 5.91 Å². The van der Waals surface area contributed by atoms with Crippen LogP contribution in [0.15, 0.2) is 47.6 Å². The molecule has 22 heavy (non-hydrogen) atoms. The van der Waals surface area contributed by atoms with Gasteiger partial charge >= 0.3 is 0 Å². The fourth-order valence-electron chi connectivity index (χ4n) is 2.02. The number of carbonyl (C=O) groups is 1. The van der Waals surface area contributed by atoms with E-state index < -0.39 is 0 Å². The molecule has 3 rings (SSSR count). The van der Waals surface area contributed by atoms with Crippen molar-refractivity contribution in [3.05, 3.63) is 58.6 Å². The summed E-state index contributed by atoms with van der Waals surface area (Å²) >= 11 is 5.86. The fourth-order valence-corrected chi connectivity index (χ4v) is 2.21. The lowest BCUT2D eigenvalue weighted by atomic mass is 10.1. The summed E-state index contributed by atoms with van der Waals surface area (Å²) in [4.78, 5) is 12.0. The second kappa shape index (κ2) is 6.07. The third-order valence-electron chi connectivity index (χ3n) is 3.20. The predicted octanol–water partition coefficient (Wildman–Crippen LogP) is 3.22. The monoisotopic (exact) mass is 316 g/mol. The summed E-state index contributed by atoms with van der Waals surface area (Å²) < 4.78 is 10.6. The van der Waals surface area contributed by atoms with Crippen molar-refractivity contribution in [2.24, 2.45) is 5.10 Å². The lowest BCUT2D eigenvalue weighted by Gasteiger charge is -2.04. The molecule has 1 N–H and O–H groups in total. The molecule has 1 aliphatic rings. The van der Waals surface area contributed by atoms with Crippen LogP contribution in [0.5, 0.6) is 11.5 Å². The van der Waals surface area contributed by atoms with Gasteiger partial charge in [0.2, 0.25) is 6.79 Å². The summed E-state index contributed by atoms with van der Waals surface area (Å²) in [5, 5.41) is 4.61. The number of hydrazone groups is 1. The number of hydrogen-bond donors (Lipinski definition) is 1. The highest BCUT2D eigenvalue weighted by Gasteiger charge is 2.14. The number of ether oxygens (including phenoxy) is 2. The van der Waals surface area contributed by atoms with Crippen LogP contribution in [-0.2, 0) is 0 Å². The van der Waals surface area contributed by atoms with Gasteiger partial charge in [-0.25, -0.2) is 5.43 Å². The predicted molar refractivity (Wildman–Crippen MR) is 83.7 cm³/mol. The van der Waals surface area contributed by atoms with Gasteiger partial charge in [0.1, 0.15) is 0 Å². The van der Waals surface area contributed by atoms with Gasteiger partial charge in [-0.1, -0.05) is 17.7 Å². The van der Waals surface area contributed by atoms with Crippen LogP contribution in [0, 0.1) is 0 Å². The summed E-state index contributed by atoms with van der Waals surface area (Å²) in [5.74, 6) is 1.07. The molecule has 0 aliphatic carbocycles. The number of amides is 1. The van der Waals surface area contributed by atoms with Crippen molar-refractivity contribution in [1.82, 2.24) is 5.43 Å². The van der Waals surface area contributed by atoms with E-state index in [2.05, 4.69) is 10.5 Å². The highest BCUT2D eigenvalue weighted by atomic mass is 35.5. The molecule has 0 aromatic heterocycles. The second-order valence-electron chi connectivity index (χ2n) is 4.72. The molecule has 0 atom stereocenters. The first-order valence-corrected chi connectivity index (χ1v) is 7.01. The highest BCUT2D eigenvalue weighted by molar-refractivity contribution is 6.30. The number of nitrogens with zero attached hydrogens (tertiary/aromatic N) is 1. The molecule has 1 amide bonds. The Morgan fingerprint density at radius 1 is 1.14 bits per heavy atom. The zero-order valence-corrected chi connectivity index (χ0v) is 12.6. The topological polar surface area (TPSA) is 59.9 Å². The van der Waals surface area contributed by atoms with Gasteiger partial charge in [-0.05, 0) is 43.3 Å². The van der Waals surface area contributed by atoms with Gasteiger partial charge in [0.05, 0.1) is 5.71 Å². The minimum absolute atomic E-state index is 0.223. The van der Waals surface area contributed by atoms with Crippen LogP contribution in [0.4, 0.5) is 0 Å². The largest absolute Gasteiger partial charge is 0.454 e. The molecule has 5 nitrogen and oxygen atoms in total. The molecule has 0 spiro atoms. The van der Waals surface area contributed by atoms with Crippen LogP contribution in [0.3, 0.4) is 0 Å². The van der Waals surface area contributed by atoms with E-state index in [0.29, 0.717) is 27.8 Å². The number of hydrogen-bond acceptors (Lipinski definition) is 4. The maximum Gasteiger partial charge on any atom is 0.271 e. The third-order valence-corrected chi connectivity index (χ3v) is 3.44. The molecule has 112 valence electrons. The third kappa shape index (κ3) is 3.04. The normalized spacial score (nSPS) is 13.1. The Labute approximate surface area is 132 Å². The molecule has 6 heteroatoms. The number of rotatable bonds is 3. The Morgan fingerprint density at radius 3 is 2.77 bits per heavy atom. The number of benzene rings is 2. The maximum atomic E-state index is 12.0. The molecule has 0 unspecified atom stereocenters. The van der Waals surface area contributed by atoms with E-state index in [4.69, 9.17) is 21.1 Å². The summed E-state index contributed by atoms with van der Waals surface area (Å²) in [6.45, 7) is 2.02. The summed E-state index contributed by atoms with van der Waals surface area (Å²) in [5.41, 5.74) is 4.47. The minimum atomic E-state index is -0.317. The van der Waals surface area contributed by atoms with Crippen LogP contribution in [0.2, 0.25) is 5.02 Å². The number of fused-ring (bicyclic) bond motifs is 1.